The summed E-state index contributed by atoms with van der Waals surface area (Å²) in [6, 6.07) is 22.1. The van der Waals surface area contributed by atoms with Gasteiger partial charge >= 0.3 is 0 Å². The Kier molecular flexibility index (Phi) is 6.13. The minimum Gasteiger partial charge on any atom is -0.472 e. The van der Waals surface area contributed by atoms with Gasteiger partial charge in [0.1, 0.15) is 0 Å². The van der Waals surface area contributed by atoms with Crippen LogP contribution in [-0.2, 0) is 0 Å². The summed E-state index contributed by atoms with van der Waals surface area (Å²) in [5.74, 6) is 3.16. The van der Waals surface area contributed by atoms with Crippen LogP contribution in [0.3, 0.4) is 0 Å². The number of hydrogen-bond acceptors (Lipinski definition) is 3. The third-order valence-electron chi connectivity index (χ3n) is 3.79. The van der Waals surface area contributed by atoms with Crippen molar-refractivity contribution in [3.63, 3.8) is 0 Å². The van der Waals surface area contributed by atoms with Gasteiger partial charge in [0.25, 0.3) is 0 Å². The summed E-state index contributed by atoms with van der Waals surface area (Å²) in [7, 11) is 0. The zero-order valence-corrected chi connectivity index (χ0v) is 14.7. The van der Waals surface area contributed by atoms with Crippen LogP contribution in [-0.4, -0.2) is 18.6 Å². The molecule has 0 aliphatic heterocycles. The van der Waals surface area contributed by atoms with Crippen LogP contribution in [0.4, 0.5) is 0 Å². The molecule has 0 radical (unpaired) electrons. The molecule has 3 aromatic rings. The zero-order chi connectivity index (χ0) is 18.0. The van der Waals surface area contributed by atoms with Gasteiger partial charge in [0, 0.05) is 22.9 Å². The normalized spacial score (nSPS) is 11.3. The highest BCUT2D eigenvalue weighted by molar-refractivity contribution is 5.91. The average Bonchev–Trinajstić information content (AvgIpc) is 3.22. The Morgan fingerprint density at radius 3 is 2.31 bits per heavy atom. The summed E-state index contributed by atoms with van der Waals surface area (Å²) < 4.78 is 5.03. The van der Waals surface area contributed by atoms with Crippen molar-refractivity contribution in [2.75, 3.05) is 6.54 Å². The molecule has 0 fully saturated rings. The molecule has 2 aromatic carbocycles. The van der Waals surface area contributed by atoms with Crippen molar-refractivity contribution in [1.29, 1.82) is 0 Å². The van der Waals surface area contributed by atoms with Crippen molar-refractivity contribution < 1.29 is 4.42 Å². The molecule has 0 aliphatic rings. The Labute approximate surface area is 153 Å². The van der Waals surface area contributed by atoms with Crippen LogP contribution in [0.5, 0.6) is 0 Å². The van der Waals surface area contributed by atoms with E-state index in [0.717, 1.165) is 28.0 Å². The van der Waals surface area contributed by atoms with Crippen molar-refractivity contribution in [1.82, 2.24) is 0 Å². The molecule has 0 spiro atoms. The fraction of sp³-hybridized carbons (Fsp3) is 0.0870. The molecule has 26 heavy (non-hydrogen) atoms. The minimum atomic E-state index is 0.533. The van der Waals surface area contributed by atoms with Gasteiger partial charge in [0.15, 0.2) is 0 Å². The quantitative estimate of drug-likeness (QED) is 0.545. The van der Waals surface area contributed by atoms with E-state index in [1.54, 1.807) is 18.7 Å². The lowest BCUT2D eigenvalue weighted by molar-refractivity contribution is 0.567. The molecule has 3 nitrogen and oxygen atoms in total. The summed E-state index contributed by atoms with van der Waals surface area (Å²) in [5.41, 5.74) is 4.95. The van der Waals surface area contributed by atoms with Crippen LogP contribution in [0, 0.1) is 0 Å². The molecule has 3 rings (SSSR count). The van der Waals surface area contributed by atoms with Crippen LogP contribution in [0.2, 0.25) is 0 Å². The standard InChI is InChI=1S/C23H20N2O/c1-19(21-8-4-2-5-9-21)16-25-23(22-10-6-3-7-11-22)12-14-24-17-20-13-15-26-18-20/h2-13,15,17-18H,14H2,1H3/b23-12+,24-17?. The molecule has 0 unspecified atom stereocenters. The summed E-state index contributed by atoms with van der Waals surface area (Å²) in [4.78, 5) is 8.99. The van der Waals surface area contributed by atoms with Gasteiger partial charge in [-0.1, -0.05) is 60.7 Å². The molecule has 1 heterocycles. The van der Waals surface area contributed by atoms with E-state index >= 15 is 0 Å². The first kappa shape index (κ1) is 17.4. The van der Waals surface area contributed by atoms with E-state index in [1.807, 2.05) is 67.6 Å². The first-order chi connectivity index (χ1) is 12.8. The second-order valence-electron chi connectivity index (χ2n) is 5.72. The third kappa shape index (κ3) is 5.04. The third-order valence-corrected chi connectivity index (χ3v) is 3.79. The highest BCUT2D eigenvalue weighted by Crippen LogP contribution is 2.16. The largest absolute Gasteiger partial charge is 0.472 e. The molecule has 0 N–H and O–H groups in total. The van der Waals surface area contributed by atoms with E-state index in [0.29, 0.717) is 6.54 Å². The fourth-order valence-corrected chi connectivity index (χ4v) is 2.38. The molecule has 0 bridgehead atoms. The Hall–Kier alpha value is -3.42. The van der Waals surface area contributed by atoms with Gasteiger partial charge in [-0.25, -0.2) is 4.99 Å². The van der Waals surface area contributed by atoms with Crippen molar-refractivity contribution in [3.05, 3.63) is 102 Å². The molecule has 0 aliphatic carbocycles. The Balaban J connectivity index is 1.84. The molecule has 128 valence electrons. The van der Waals surface area contributed by atoms with Crippen LogP contribution < -0.4 is 0 Å². The summed E-state index contributed by atoms with van der Waals surface area (Å²) >= 11 is 0. The van der Waals surface area contributed by atoms with Gasteiger partial charge in [-0.05, 0) is 30.5 Å². The highest BCUT2D eigenvalue weighted by atomic mass is 16.3. The summed E-state index contributed by atoms with van der Waals surface area (Å²) in [6.45, 7) is 2.55. The molecule has 0 saturated heterocycles. The predicted octanol–water partition coefficient (Wildman–Crippen LogP) is 5.51. The lowest BCUT2D eigenvalue weighted by Crippen LogP contribution is -1.85. The van der Waals surface area contributed by atoms with Crippen LogP contribution in [0.15, 0.2) is 99.7 Å². The van der Waals surface area contributed by atoms with Gasteiger partial charge in [-0.15, -0.1) is 0 Å². The number of nitrogens with zero attached hydrogens (tertiary/aromatic N) is 2. The maximum atomic E-state index is 5.03. The smallest absolute Gasteiger partial charge is 0.0990 e. The number of hydrogen-bond donors (Lipinski definition) is 0. The predicted molar refractivity (Wildman–Crippen MR) is 109 cm³/mol. The second-order valence-corrected chi connectivity index (χ2v) is 5.72. The highest BCUT2D eigenvalue weighted by Gasteiger charge is 1.98. The zero-order valence-electron chi connectivity index (χ0n) is 14.7. The molecule has 3 heteroatoms. The van der Waals surface area contributed by atoms with E-state index in [4.69, 9.17) is 4.42 Å². The molecule has 0 saturated carbocycles. The lowest BCUT2D eigenvalue weighted by Gasteiger charge is -2.01. The summed E-state index contributed by atoms with van der Waals surface area (Å²) in [6.07, 6.45) is 7.08. The first-order valence-corrected chi connectivity index (χ1v) is 8.46. The van der Waals surface area contributed by atoms with Gasteiger partial charge < -0.3 is 4.42 Å². The van der Waals surface area contributed by atoms with Gasteiger partial charge in [0.05, 0.1) is 24.8 Å². The minimum absolute atomic E-state index is 0.533. The molecule has 0 amide bonds. The SMILES string of the molecule is CC(=C=N/C(=C/CN=Cc1ccoc1)c1ccccc1)c1ccccc1. The Morgan fingerprint density at radius 1 is 0.962 bits per heavy atom. The van der Waals surface area contributed by atoms with E-state index < -0.39 is 0 Å². The Bertz CT molecular complexity index is 930. The number of rotatable bonds is 6. The van der Waals surface area contributed by atoms with Gasteiger partial charge in [-0.3, -0.25) is 4.99 Å². The number of aliphatic imine (C=N–C) groups is 2. The van der Waals surface area contributed by atoms with E-state index in [9.17, 15) is 0 Å². The van der Waals surface area contributed by atoms with Crippen molar-refractivity contribution >= 4 is 23.4 Å². The van der Waals surface area contributed by atoms with Crippen LogP contribution >= 0.6 is 0 Å². The molecular formula is C23H20N2O. The second kappa shape index (κ2) is 9.16. The monoisotopic (exact) mass is 340 g/mol. The maximum Gasteiger partial charge on any atom is 0.0990 e. The topological polar surface area (TPSA) is 37.9 Å². The Morgan fingerprint density at radius 2 is 1.65 bits per heavy atom. The van der Waals surface area contributed by atoms with E-state index in [1.165, 1.54) is 0 Å². The molecule has 1 aromatic heterocycles. The average molecular weight is 340 g/mol. The van der Waals surface area contributed by atoms with E-state index in [2.05, 4.69) is 28.0 Å². The number of furan rings is 1. The summed E-state index contributed by atoms with van der Waals surface area (Å²) in [5, 5.41) is 0. The van der Waals surface area contributed by atoms with Crippen LogP contribution in [0.1, 0.15) is 23.6 Å². The van der Waals surface area contributed by atoms with Crippen molar-refractivity contribution in [3.8, 4) is 0 Å². The molecular weight excluding hydrogens is 320 g/mol. The van der Waals surface area contributed by atoms with Gasteiger partial charge in [0.2, 0.25) is 0 Å². The van der Waals surface area contributed by atoms with E-state index in [-0.39, 0.29) is 0 Å². The first-order valence-electron chi connectivity index (χ1n) is 8.46. The van der Waals surface area contributed by atoms with Crippen molar-refractivity contribution in [2.45, 2.75) is 6.92 Å². The number of benzene rings is 2. The van der Waals surface area contributed by atoms with Crippen molar-refractivity contribution in [2.24, 2.45) is 9.98 Å². The van der Waals surface area contributed by atoms with Gasteiger partial charge in [-0.2, -0.15) is 0 Å². The fourth-order valence-electron chi connectivity index (χ4n) is 2.38. The number of allylic oxidation sites excluding steroid dienone is 1. The maximum absolute atomic E-state index is 5.03. The van der Waals surface area contributed by atoms with Crippen LogP contribution in [0.25, 0.3) is 11.3 Å². The lowest BCUT2D eigenvalue weighted by atomic mass is 10.1. The molecule has 0 atom stereocenters.